The normalized spacial score (nSPS) is 25.7. The van der Waals surface area contributed by atoms with E-state index in [1.165, 1.54) is 11.3 Å². The fourth-order valence-corrected chi connectivity index (χ4v) is 6.22. The Morgan fingerprint density at radius 3 is 2.79 bits per heavy atom. The minimum absolute atomic E-state index is 0.0536. The van der Waals surface area contributed by atoms with Gasteiger partial charge in [0, 0.05) is 12.6 Å². The molecule has 1 aromatic rings. The predicted molar refractivity (Wildman–Crippen MR) is 80.1 cm³/mol. The zero-order valence-electron chi connectivity index (χ0n) is 11.2. The summed E-state index contributed by atoms with van der Waals surface area (Å²) in [6.45, 7) is 6.70. The Hall–Kier alpha value is 0.0500. The van der Waals surface area contributed by atoms with Gasteiger partial charge in [-0.3, -0.25) is 0 Å². The zero-order chi connectivity index (χ0) is 14.2. The van der Waals surface area contributed by atoms with E-state index in [0.717, 1.165) is 15.8 Å². The first-order chi connectivity index (χ1) is 8.86. The Bertz CT molecular complexity index is 536. The average molecular weight is 368 g/mol. The fourth-order valence-electron chi connectivity index (χ4n) is 2.10. The molecule has 0 amide bonds. The maximum absolute atomic E-state index is 12.7. The molecule has 1 fully saturated rings. The van der Waals surface area contributed by atoms with E-state index in [1.807, 2.05) is 20.8 Å². The van der Waals surface area contributed by atoms with Crippen LogP contribution in [0.5, 0.6) is 0 Å². The minimum atomic E-state index is -3.42. The number of hydrogen-bond acceptors (Lipinski definition) is 4. The van der Waals surface area contributed by atoms with Gasteiger partial charge in [0.2, 0.25) is 0 Å². The number of thiophene rings is 1. The number of hydrogen-bond donors (Lipinski definition) is 0. The van der Waals surface area contributed by atoms with Crippen LogP contribution in [0.25, 0.3) is 0 Å². The second-order valence-electron chi connectivity index (χ2n) is 4.80. The Balaban J connectivity index is 2.36. The minimum Gasteiger partial charge on any atom is -0.375 e. The van der Waals surface area contributed by atoms with E-state index in [0.29, 0.717) is 17.4 Å². The number of aryl methyl sites for hydroxylation is 1. The Morgan fingerprint density at radius 1 is 1.58 bits per heavy atom. The second-order valence-corrected chi connectivity index (χ2v) is 9.29. The molecule has 2 atom stereocenters. The summed E-state index contributed by atoms with van der Waals surface area (Å²) in [5.74, 6) is 0. The van der Waals surface area contributed by atoms with Crippen LogP contribution in [-0.2, 0) is 14.8 Å². The zero-order valence-corrected chi connectivity index (χ0v) is 14.4. The monoisotopic (exact) mass is 367 g/mol. The number of ether oxygens (including phenoxy) is 1. The van der Waals surface area contributed by atoms with E-state index in [9.17, 15) is 8.42 Å². The lowest BCUT2D eigenvalue weighted by Crippen LogP contribution is -2.50. The SMILES string of the molecule is CCC1COC(C)CN1S(=O)(=O)c1cc(C)c(Br)s1. The summed E-state index contributed by atoms with van der Waals surface area (Å²) in [6, 6.07) is 1.67. The molecular formula is C12H18BrNO3S2. The maximum atomic E-state index is 12.7. The first-order valence-corrected chi connectivity index (χ1v) is 9.30. The van der Waals surface area contributed by atoms with Crippen LogP contribution >= 0.6 is 27.3 Å². The highest BCUT2D eigenvalue weighted by Gasteiger charge is 2.36. The van der Waals surface area contributed by atoms with Crippen molar-refractivity contribution in [3.8, 4) is 0 Å². The summed E-state index contributed by atoms with van der Waals surface area (Å²) in [7, 11) is -3.42. The van der Waals surface area contributed by atoms with Gasteiger partial charge < -0.3 is 4.74 Å². The van der Waals surface area contributed by atoms with Crippen LogP contribution in [0.15, 0.2) is 14.1 Å². The fraction of sp³-hybridized carbons (Fsp3) is 0.667. The highest BCUT2D eigenvalue weighted by Crippen LogP contribution is 2.34. The summed E-state index contributed by atoms with van der Waals surface area (Å²) >= 11 is 4.66. The average Bonchev–Trinajstić information content (AvgIpc) is 2.70. The van der Waals surface area contributed by atoms with Gasteiger partial charge in [0.05, 0.1) is 16.5 Å². The molecule has 1 saturated heterocycles. The van der Waals surface area contributed by atoms with Gasteiger partial charge in [-0.05, 0) is 47.8 Å². The molecule has 0 saturated carbocycles. The van der Waals surface area contributed by atoms with E-state index in [1.54, 1.807) is 10.4 Å². The van der Waals surface area contributed by atoms with Crippen LogP contribution in [-0.4, -0.2) is 38.0 Å². The third-order valence-corrected chi connectivity index (χ3v) is 7.79. The van der Waals surface area contributed by atoms with Crippen molar-refractivity contribution < 1.29 is 13.2 Å². The van der Waals surface area contributed by atoms with Gasteiger partial charge in [0.15, 0.2) is 0 Å². The molecule has 1 aromatic heterocycles. The summed E-state index contributed by atoms with van der Waals surface area (Å²) in [5.41, 5.74) is 0.956. The molecule has 1 aliphatic rings. The van der Waals surface area contributed by atoms with Crippen molar-refractivity contribution in [2.75, 3.05) is 13.2 Å². The van der Waals surface area contributed by atoms with Crippen molar-refractivity contribution in [2.24, 2.45) is 0 Å². The third-order valence-electron chi connectivity index (χ3n) is 3.29. The molecule has 0 N–H and O–H groups in total. The molecule has 0 radical (unpaired) electrons. The summed E-state index contributed by atoms with van der Waals surface area (Å²) in [5, 5.41) is 0. The van der Waals surface area contributed by atoms with Gasteiger partial charge in [0.25, 0.3) is 10.0 Å². The highest BCUT2D eigenvalue weighted by atomic mass is 79.9. The van der Waals surface area contributed by atoms with Gasteiger partial charge in [-0.2, -0.15) is 4.31 Å². The highest BCUT2D eigenvalue weighted by molar-refractivity contribution is 9.11. The molecular weight excluding hydrogens is 350 g/mol. The molecule has 2 unspecified atom stereocenters. The molecule has 1 aliphatic heterocycles. The van der Waals surface area contributed by atoms with Crippen LogP contribution in [0, 0.1) is 6.92 Å². The lowest BCUT2D eigenvalue weighted by Gasteiger charge is -2.36. The van der Waals surface area contributed by atoms with Crippen LogP contribution in [0.4, 0.5) is 0 Å². The van der Waals surface area contributed by atoms with Gasteiger partial charge >= 0.3 is 0 Å². The number of sulfonamides is 1. The molecule has 2 heterocycles. The van der Waals surface area contributed by atoms with Gasteiger partial charge in [-0.15, -0.1) is 11.3 Å². The van der Waals surface area contributed by atoms with E-state index in [4.69, 9.17) is 4.74 Å². The molecule has 7 heteroatoms. The van der Waals surface area contributed by atoms with Crippen molar-refractivity contribution in [1.29, 1.82) is 0 Å². The van der Waals surface area contributed by atoms with Gasteiger partial charge in [0.1, 0.15) is 4.21 Å². The van der Waals surface area contributed by atoms with Gasteiger partial charge in [-0.1, -0.05) is 6.92 Å². The summed E-state index contributed by atoms with van der Waals surface area (Å²) < 4.78 is 33.9. The standard InChI is InChI=1S/C12H18BrNO3S2/c1-4-10-7-17-9(3)6-14(10)19(15,16)11-5-8(2)12(13)18-11/h5,9-10H,4,6-7H2,1-3H3. The third kappa shape index (κ3) is 3.05. The van der Waals surface area contributed by atoms with Gasteiger partial charge in [-0.25, -0.2) is 8.42 Å². The Morgan fingerprint density at radius 2 is 2.26 bits per heavy atom. The largest absolute Gasteiger partial charge is 0.375 e. The molecule has 108 valence electrons. The number of halogens is 1. The van der Waals surface area contributed by atoms with Crippen LogP contribution in [0.2, 0.25) is 0 Å². The lowest BCUT2D eigenvalue weighted by atomic mass is 10.2. The Labute approximate surface area is 126 Å². The second kappa shape index (κ2) is 5.81. The van der Waals surface area contributed by atoms with E-state index in [-0.39, 0.29) is 12.1 Å². The lowest BCUT2D eigenvalue weighted by molar-refractivity contribution is -0.0229. The quantitative estimate of drug-likeness (QED) is 0.824. The summed E-state index contributed by atoms with van der Waals surface area (Å²) in [4.78, 5) is 0. The molecule has 0 aliphatic carbocycles. The number of nitrogens with zero attached hydrogens (tertiary/aromatic N) is 1. The maximum Gasteiger partial charge on any atom is 0.253 e. The summed E-state index contributed by atoms with van der Waals surface area (Å²) in [6.07, 6.45) is 0.708. The van der Waals surface area contributed by atoms with Crippen molar-refractivity contribution in [3.63, 3.8) is 0 Å². The van der Waals surface area contributed by atoms with E-state index < -0.39 is 10.0 Å². The van der Waals surface area contributed by atoms with Crippen molar-refractivity contribution >= 4 is 37.3 Å². The predicted octanol–water partition coefficient (Wildman–Crippen LogP) is 3.01. The molecule has 0 bridgehead atoms. The van der Waals surface area contributed by atoms with Crippen molar-refractivity contribution in [1.82, 2.24) is 4.31 Å². The van der Waals surface area contributed by atoms with E-state index >= 15 is 0 Å². The molecule has 19 heavy (non-hydrogen) atoms. The molecule has 0 spiro atoms. The topological polar surface area (TPSA) is 46.6 Å². The van der Waals surface area contributed by atoms with Crippen LogP contribution in [0.3, 0.4) is 0 Å². The van der Waals surface area contributed by atoms with Crippen molar-refractivity contribution in [3.05, 3.63) is 15.4 Å². The first-order valence-electron chi connectivity index (χ1n) is 6.25. The Kier molecular flexibility index (Phi) is 4.72. The molecule has 2 rings (SSSR count). The van der Waals surface area contributed by atoms with Crippen molar-refractivity contribution in [2.45, 2.75) is 43.5 Å². The van der Waals surface area contributed by atoms with Crippen LogP contribution < -0.4 is 0 Å². The molecule has 0 aromatic carbocycles. The number of rotatable bonds is 3. The van der Waals surface area contributed by atoms with E-state index in [2.05, 4.69) is 15.9 Å². The first kappa shape index (κ1) is 15.4. The van der Waals surface area contributed by atoms with Crippen LogP contribution in [0.1, 0.15) is 25.8 Å². The molecule has 4 nitrogen and oxygen atoms in total. The smallest absolute Gasteiger partial charge is 0.253 e. The number of morpholine rings is 1.